The maximum absolute atomic E-state index is 14.0. The zero-order valence-electron chi connectivity index (χ0n) is 22.3. The molecule has 1 aromatic carbocycles. The molecule has 2 unspecified atom stereocenters. The van der Waals surface area contributed by atoms with Gasteiger partial charge in [0.25, 0.3) is 0 Å². The van der Waals surface area contributed by atoms with E-state index in [0.29, 0.717) is 12.1 Å². The van der Waals surface area contributed by atoms with Gasteiger partial charge in [0, 0.05) is 19.0 Å². The molecule has 1 fully saturated rings. The van der Waals surface area contributed by atoms with Crippen LogP contribution in [0.15, 0.2) is 24.3 Å². The summed E-state index contributed by atoms with van der Waals surface area (Å²) in [5.41, 5.74) is 6.27. The summed E-state index contributed by atoms with van der Waals surface area (Å²) in [5.74, 6) is -1.27. The van der Waals surface area contributed by atoms with Crippen molar-refractivity contribution in [2.24, 2.45) is 5.73 Å². The Hall–Kier alpha value is -3.10. The molecule has 1 aromatic rings. The number of ether oxygens (including phenoxy) is 1. The first-order valence-electron chi connectivity index (χ1n) is 12.9. The van der Waals surface area contributed by atoms with Crippen LogP contribution in [0, 0.1) is 6.92 Å². The van der Waals surface area contributed by atoms with Gasteiger partial charge in [-0.2, -0.15) is 0 Å². The molecule has 1 aliphatic rings. The van der Waals surface area contributed by atoms with Crippen LogP contribution in [-0.4, -0.2) is 52.9 Å². The zero-order chi connectivity index (χ0) is 26.9. The molecule has 0 heterocycles. The van der Waals surface area contributed by atoms with Crippen LogP contribution in [0.25, 0.3) is 0 Å². The third-order valence-corrected chi connectivity index (χ3v) is 6.10. The van der Waals surface area contributed by atoms with Gasteiger partial charge in [0.1, 0.15) is 17.7 Å². The van der Waals surface area contributed by atoms with Gasteiger partial charge in [0.15, 0.2) is 0 Å². The van der Waals surface area contributed by atoms with Crippen molar-refractivity contribution < 1.29 is 23.9 Å². The highest BCUT2D eigenvalue weighted by Gasteiger charge is 2.42. The molecule has 4 amide bonds. The van der Waals surface area contributed by atoms with Crippen LogP contribution in [0.4, 0.5) is 4.79 Å². The number of benzene rings is 1. The second-order valence-corrected chi connectivity index (χ2v) is 10.5. The summed E-state index contributed by atoms with van der Waals surface area (Å²) in [6, 6.07) is 5.46. The summed E-state index contributed by atoms with van der Waals surface area (Å²) >= 11 is 0. The molecular weight excluding hydrogens is 460 g/mol. The Balaban J connectivity index is 2.45. The number of alkyl carbamates (subject to hydrolysis) is 1. The van der Waals surface area contributed by atoms with Crippen molar-refractivity contribution in [3.63, 3.8) is 0 Å². The highest BCUT2D eigenvalue weighted by Crippen LogP contribution is 2.34. The van der Waals surface area contributed by atoms with E-state index in [2.05, 4.69) is 10.6 Å². The maximum Gasteiger partial charge on any atom is 0.408 e. The molecule has 0 saturated heterocycles. The minimum Gasteiger partial charge on any atom is -0.444 e. The molecule has 2 rings (SSSR count). The molecule has 1 aliphatic carbocycles. The van der Waals surface area contributed by atoms with Crippen molar-refractivity contribution in [1.29, 1.82) is 0 Å². The lowest BCUT2D eigenvalue weighted by molar-refractivity contribution is -0.147. The molecule has 0 aromatic heterocycles. The largest absolute Gasteiger partial charge is 0.444 e. The molecule has 0 bridgehead atoms. The van der Waals surface area contributed by atoms with Crippen LogP contribution in [-0.2, 0) is 19.1 Å². The van der Waals surface area contributed by atoms with Crippen LogP contribution >= 0.6 is 0 Å². The molecule has 9 nitrogen and oxygen atoms in total. The topological polar surface area (TPSA) is 131 Å². The van der Waals surface area contributed by atoms with Crippen molar-refractivity contribution in [3.05, 3.63) is 35.4 Å². The minimum absolute atomic E-state index is 0.00855. The monoisotopic (exact) mass is 502 g/mol. The highest BCUT2D eigenvalue weighted by molar-refractivity contribution is 5.92. The van der Waals surface area contributed by atoms with Crippen molar-refractivity contribution in [2.75, 3.05) is 6.54 Å². The van der Waals surface area contributed by atoms with Crippen molar-refractivity contribution >= 4 is 23.8 Å². The fourth-order valence-electron chi connectivity index (χ4n) is 4.12. The van der Waals surface area contributed by atoms with E-state index in [1.807, 2.05) is 38.1 Å². The third-order valence-electron chi connectivity index (χ3n) is 6.10. The standard InChI is InChI=1S/C27H42N4O5/c1-6-7-16-29-24(33)23(19-11-8-10-18(2)17-19)31(20-12-9-13-20)25(34)21(14-15-22(28)32)30-26(35)36-27(3,4)5/h8,10-11,17,20-21,23H,6-7,9,12-16H2,1-5H3,(H2,28,32)(H,29,33)(H,30,35). The molecule has 4 N–H and O–H groups in total. The first-order valence-corrected chi connectivity index (χ1v) is 12.9. The molecule has 9 heteroatoms. The highest BCUT2D eigenvalue weighted by atomic mass is 16.6. The van der Waals surface area contributed by atoms with Crippen LogP contribution < -0.4 is 16.4 Å². The lowest BCUT2D eigenvalue weighted by Gasteiger charge is -2.43. The van der Waals surface area contributed by atoms with Gasteiger partial charge in [-0.15, -0.1) is 0 Å². The minimum atomic E-state index is -1.07. The Morgan fingerprint density at radius 3 is 2.42 bits per heavy atom. The number of amides is 4. The van der Waals surface area contributed by atoms with E-state index in [1.165, 1.54) is 0 Å². The molecule has 200 valence electrons. The number of primary amides is 1. The number of nitrogens with one attached hydrogen (secondary N) is 2. The summed E-state index contributed by atoms with van der Waals surface area (Å²) in [7, 11) is 0. The van der Waals surface area contributed by atoms with Crippen molar-refractivity contribution in [3.8, 4) is 0 Å². The lowest BCUT2D eigenvalue weighted by atomic mass is 9.87. The molecule has 0 aliphatic heterocycles. The van der Waals surface area contributed by atoms with Gasteiger partial charge >= 0.3 is 6.09 Å². The Morgan fingerprint density at radius 2 is 1.89 bits per heavy atom. The number of unbranched alkanes of at least 4 members (excludes halogenated alkanes) is 1. The Labute approximate surface area is 214 Å². The fraction of sp³-hybridized carbons (Fsp3) is 0.630. The predicted molar refractivity (Wildman–Crippen MR) is 138 cm³/mol. The Kier molecular flexibility index (Phi) is 10.7. The molecular formula is C27H42N4O5. The van der Waals surface area contributed by atoms with Gasteiger partial charge in [-0.05, 0) is 65.4 Å². The quantitative estimate of drug-likeness (QED) is 0.377. The first kappa shape index (κ1) is 29.1. The van der Waals surface area contributed by atoms with Gasteiger partial charge in [-0.3, -0.25) is 14.4 Å². The number of hydrogen-bond donors (Lipinski definition) is 3. The van der Waals surface area contributed by atoms with Gasteiger partial charge in [0.2, 0.25) is 17.7 Å². The van der Waals surface area contributed by atoms with Crippen molar-refractivity contribution in [1.82, 2.24) is 15.5 Å². The fourth-order valence-corrected chi connectivity index (χ4v) is 4.12. The van der Waals surface area contributed by atoms with Gasteiger partial charge in [-0.1, -0.05) is 43.2 Å². The summed E-state index contributed by atoms with van der Waals surface area (Å²) < 4.78 is 5.36. The summed E-state index contributed by atoms with van der Waals surface area (Å²) in [6.45, 7) is 9.65. The predicted octanol–water partition coefficient (Wildman–Crippen LogP) is 3.49. The maximum atomic E-state index is 14.0. The number of carbonyl (C=O) groups excluding carboxylic acids is 4. The summed E-state index contributed by atoms with van der Waals surface area (Å²) in [5, 5.41) is 5.61. The Bertz CT molecular complexity index is 923. The number of carbonyl (C=O) groups is 4. The van der Waals surface area contributed by atoms with Gasteiger partial charge in [-0.25, -0.2) is 4.79 Å². The van der Waals surface area contributed by atoms with Crippen LogP contribution in [0.2, 0.25) is 0 Å². The Morgan fingerprint density at radius 1 is 1.19 bits per heavy atom. The smallest absolute Gasteiger partial charge is 0.408 e. The molecule has 2 atom stereocenters. The van der Waals surface area contributed by atoms with E-state index in [-0.39, 0.29) is 24.8 Å². The van der Waals surface area contributed by atoms with E-state index < -0.39 is 35.6 Å². The van der Waals surface area contributed by atoms with Crippen LogP contribution in [0.5, 0.6) is 0 Å². The average Bonchev–Trinajstić information content (AvgIpc) is 2.73. The molecule has 0 radical (unpaired) electrons. The number of nitrogens with two attached hydrogens (primary N) is 1. The molecule has 36 heavy (non-hydrogen) atoms. The van der Waals surface area contributed by atoms with E-state index in [4.69, 9.17) is 10.5 Å². The van der Waals surface area contributed by atoms with E-state index >= 15 is 0 Å². The summed E-state index contributed by atoms with van der Waals surface area (Å²) in [4.78, 5) is 53.3. The summed E-state index contributed by atoms with van der Waals surface area (Å²) in [6.07, 6.45) is 3.35. The van der Waals surface area contributed by atoms with Crippen LogP contribution in [0.1, 0.15) is 89.8 Å². The molecule has 0 spiro atoms. The number of aryl methyl sites for hydroxylation is 1. The number of nitrogens with zero attached hydrogens (tertiary/aromatic N) is 1. The SMILES string of the molecule is CCCCNC(=O)C(c1cccc(C)c1)N(C(=O)C(CCC(N)=O)NC(=O)OC(C)(C)C)C1CCC1. The van der Waals surface area contributed by atoms with Gasteiger partial charge in [0.05, 0.1) is 0 Å². The normalized spacial score (nSPS) is 15.2. The van der Waals surface area contributed by atoms with Gasteiger partial charge < -0.3 is 26.0 Å². The zero-order valence-corrected chi connectivity index (χ0v) is 22.3. The average molecular weight is 503 g/mol. The first-order chi connectivity index (χ1) is 16.9. The van der Waals surface area contributed by atoms with Crippen molar-refractivity contribution in [2.45, 2.75) is 103 Å². The number of rotatable bonds is 12. The second kappa shape index (κ2) is 13.3. The van der Waals surface area contributed by atoms with E-state index in [0.717, 1.165) is 37.7 Å². The lowest BCUT2D eigenvalue weighted by Crippen LogP contribution is -2.57. The van der Waals surface area contributed by atoms with E-state index in [1.54, 1.807) is 25.7 Å². The van der Waals surface area contributed by atoms with E-state index in [9.17, 15) is 19.2 Å². The van der Waals surface area contributed by atoms with Crippen LogP contribution in [0.3, 0.4) is 0 Å². The number of hydrogen-bond acceptors (Lipinski definition) is 5. The second-order valence-electron chi connectivity index (χ2n) is 10.5. The molecule has 1 saturated carbocycles. The third kappa shape index (κ3) is 8.84.